The lowest BCUT2D eigenvalue weighted by Crippen LogP contribution is -2.40. The third-order valence-electron chi connectivity index (χ3n) is 1.94. The van der Waals surface area contributed by atoms with Gasteiger partial charge in [-0.2, -0.15) is 0 Å². The van der Waals surface area contributed by atoms with Gasteiger partial charge < -0.3 is 14.9 Å². The van der Waals surface area contributed by atoms with Gasteiger partial charge in [-0.3, -0.25) is 0 Å². The van der Waals surface area contributed by atoms with E-state index in [1.165, 1.54) is 6.07 Å². The fourth-order valence-corrected chi connectivity index (χ4v) is 1.08. The lowest BCUT2D eigenvalue weighted by Gasteiger charge is -2.24. The van der Waals surface area contributed by atoms with E-state index < -0.39 is 5.97 Å². The molecular formula is C7H9ClN2O3. The van der Waals surface area contributed by atoms with Crippen LogP contribution in [-0.2, 0) is 0 Å². The van der Waals surface area contributed by atoms with Gasteiger partial charge in [-0.15, -0.1) is 12.4 Å². The minimum absolute atomic E-state index is 0. The van der Waals surface area contributed by atoms with Crippen LogP contribution in [0.3, 0.4) is 0 Å². The van der Waals surface area contributed by atoms with Crippen LogP contribution >= 0.6 is 12.4 Å². The minimum Gasteiger partial charge on any atom is -0.475 e. The topological polar surface area (TPSA) is 75.4 Å². The maximum absolute atomic E-state index is 10.4. The molecule has 1 aliphatic heterocycles. The predicted molar refractivity (Wildman–Crippen MR) is 46.3 cm³/mol. The number of nitrogens with zero attached hydrogens (tertiary/aromatic N) is 1. The molecule has 0 bridgehead atoms. The number of halogens is 1. The highest BCUT2D eigenvalue weighted by atomic mass is 35.5. The molecule has 6 heteroatoms. The molecule has 0 aromatic carbocycles. The van der Waals surface area contributed by atoms with Crippen LogP contribution in [0, 0.1) is 0 Å². The number of hydrogen-bond acceptors (Lipinski definition) is 4. The van der Waals surface area contributed by atoms with Gasteiger partial charge in [-0.25, -0.2) is 4.79 Å². The van der Waals surface area contributed by atoms with Gasteiger partial charge in [0, 0.05) is 25.1 Å². The Hall–Kier alpha value is -1.07. The van der Waals surface area contributed by atoms with Crippen molar-refractivity contribution in [3.05, 3.63) is 17.5 Å². The number of rotatable bonds is 2. The number of aromatic nitrogens is 1. The number of carbonyl (C=O) groups is 1. The summed E-state index contributed by atoms with van der Waals surface area (Å²) in [6.45, 7) is 1.71. The van der Waals surface area contributed by atoms with Crippen LogP contribution in [-0.4, -0.2) is 29.3 Å². The molecule has 2 heterocycles. The second-order valence-corrected chi connectivity index (χ2v) is 2.78. The molecule has 2 N–H and O–H groups in total. The fourth-order valence-electron chi connectivity index (χ4n) is 1.08. The Morgan fingerprint density at radius 2 is 2.38 bits per heavy atom. The highest BCUT2D eigenvalue weighted by Crippen LogP contribution is 2.18. The van der Waals surface area contributed by atoms with Crippen molar-refractivity contribution in [2.75, 3.05) is 13.1 Å². The number of carboxylic acids is 1. The monoisotopic (exact) mass is 204 g/mol. The van der Waals surface area contributed by atoms with Crippen molar-refractivity contribution in [3.63, 3.8) is 0 Å². The fraction of sp³-hybridized carbons (Fsp3) is 0.429. The van der Waals surface area contributed by atoms with Crippen LogP contribution in [0.1, 0.15) is 22.2 Å². The van der Waals surface area contributed by atoms with Crippen LogP contribution in [0.5, 0.6) is 0 Å². The molecule has 0 spiro atoms. The lowest BCUT2D eigenvalue weighted by atomic mass is 9.99. The number of aromatic carboxylic acids is 1. The molecule has 0 saturated carbocycles. The first kappa shape index (κ1) is 10.0. The maximum atomic E-state index is 10.4. The molecule has 1 fully saturated rings. The van der Waals surface area contributed by atoms with Gasteiger partial charge in [-0.05, 0) is 0 Å². The zero-order valence-corrected chi connectivity index (χ0v) is 7.50. The Balaban J connectivity index is 0.000000845. The SMILES string of the molecule is Cl.O=C(O)c1cc(C2CNC2)no1. The van der Waals surface area contributed by atoms with E-state index in [1.807, 2.05) is 0 Å². The highest BCUT2D eigenvalue weighted by molar-refractivity contribution is 5.85. The van der Waals surface area contributed by atoms with Crippen LogP contribution in [0.2, 0.25) is 0 Å². The summed E-state index contributed by atoms with van der Waals surface area (Å²) in [6.07, 6.45) is 0. The standard InChI is InChI=1S/C7H8N2O3.ClH/c10-7(11)6-1-5(9-12-6)4-2-8-3-4;/h1,4,8H,2-3H2,(H,10,11);1H. The Morgan fingerprint density at radius 1 is 1.69 bits per heavy atom. The van der Waals surface area contributed by atoms with Gasteiger partial charge >= 0.3 is 5.97 Å². The van der Waals surface area contributed by atoms with Crippen molar-refractivity contribution in [1.29, 1.82) is 0 Å². The molecular weight excluding hydrogens is 196 g/mol. The lowest BCUT2D eigenvalue weighted by molar-refractivity contribution is 0.0652. The molecule has 1 aliphatic rings. The van der Waals surface area contributed by atoms with E-state index in [9.17, 15) is 4.79 Å². The van der Waals surface area contributed by atoms with Crippen molar-refractivity contribution >= 4 is 18.4 Å². The Bertz CT molecular complexity index is 308. The zero-order chi connectivity index (χ0) is 8.55. The summed E-state index contributed by atoms with van der Waals surface area (Å²) in [6, 6.07) is 1.48. The molecule has 5 nitrogen and oxygen atoms in total. The average Bonchev–Trinajstić information content (AvgIpc) is 2.32. The van der Waals surface area contributed by atoms with E-state index in [-0.39, 0.29) is 18.2 Å². The van der Waals surface area contributed by atoms with Crippen molar-refractivity contribution < 1.29 is 14.4 Å². The summed E-state index contributed by atoms with van der Waals surface area (Å²) in [5.74, 6) is -0.834. The van der Waals surface area contributed by atoms with Crippen LogP contribution in [0.25, 0.3) is 0 Å². The van der Waals surface area contributed by atoms with E-state index in [0.717, 1.165) is 18.8 Å². The number of nitrogens with one attached hydrogen (secondary N) is 1. The number of hydrogen-bond donors (Lipinski definition) is 2. The first-order valence-electron chi connectivity index (χ1n) is 3.68. The summed E-state index contributed by atoms with van der Waals surface area (Å²) in [7, 11) is 0. The molecule has 1 aromatic heterocycles. The van der Waals surface area contributed by atoms with Crippen LogP contribution in [0.4, 0.5) is 0 Å². The van der Waals surface area contributed by atoms with Crippen molar-refractivity contribution in [3.8, 4) is 0 Å². The normalized spacial score (nSPS) is 16.0. The Kier molecular flexibility index (Phi) is 2.90. The predicted octanol–water partition coefficient (Wildman–Crippen LogP) is 0.481. The molecule has 0 radical (unpaired) electrons. The molecule has 13 heavy (non-hydrogen) atoms. The average molecular weight is 205 g/mol. The molecule has 2 rings (SSSR count). The van der Waals surface area contributed by atoms with E-state index in [4.69, 9.17) is 5.11 Å². The quantitative estimate of drug-likeness (QED) is 0.733. The molecule has 72 valence electrons. The molecule has 1 saturated heterocycles. The minimum atomic E-state index is -1.07. The Labute approximate surface area is 80.5 Å². The largest absolute Gasteiger partial charge is 0.475 e. The van der Waals surface area contributed by atoms with Crippen molar-refractivity contribution in [2.45, 2.75) is 5.92 Å². The van der Waals surface area contributed by atoms with Crippen LogP contribution < -0.4 is 5.32 Å². The smallest absolute Gasteiger partial charge is 0.374 e. The third-order valence-corrected chi connectivity index (χ3v) is 1.94. The van der Waals surface area contributed by atoms with E-state index >= 15 is 0 Å². The second-order valence-electron chi connectivity index (χ2n) is 2.78. The van der Waals surface area contributed by atoms with Gasteiger partial charge in [0.05, 0.1) is 5.69 Å². The first-order valence-corrected chi connectivity index (χ1v) is 3.68. The van der Waals surface area contributed by atoms with Crippen molar-refractivity contribution in [2.24, 2.45) is 0 Å². The van der Waals surface area contributed by atoms with Crippen LogP contribution in [0.15, 0.2) is 10.6 Å². The molecule has 0 aliphatic carbocycles. The molecule has 1 aromatic rings. The molecule has 0 amide bonds. The van der Waals surface area contributed by atoms with E-state index in [1.54, 1.807) is 0 Å². The summed E-state index contributed by atoms with van der Waals surface area (Å²) in [5, 5.41) is 15.3. The summed E-state index contributed by atoms with van der Waals surface area (Å²) >= 11 is 0. The van der Waals surface area contributed by atoms with Gasteiger partial charge in [0.1, 0.15) is 0 Å². The number of carboxylic acid groups (broad SMARTS) is 1. The molecule has 0 unspecified atom stereocenters. The molecule has 0 atom stereocenters. The first-order chi connectivity index (χ1) is 5.77. The van der Waals surface area contributed by atoms with Gasteiger partial charge in [0.2, 0.25) is 5.76 Å². The van der Waals surface area contributed by atoms with Gasteiger partial charge in [0.15, 0.2) is 0 Å². The third kappa shape index (κ3) is 1.81. The van der Waals surface area contributed by atoms with E-state index in [0.29, 0.717) is 5.92 Å². The highest BCUT2D eigenvalue weighted by Gasteiger charge is 2.23. The summed E-state index contributed by atoms with van der Waals surface area (Å²) in [4.78, 5) is 10.4. The van der Waals surface area contributed by atoms with Crippen molar-refractivity contribution in [1.82, 2.24) is 10.5 Å². The second kappa shape index (κ2) is 3.76. The summed E-state index contributed by atoms with van der Waals surface area (Å²) < 4.78 is 4.61. The Morgan fingerprint density at radius 3 is 2.77 bits per heavy atom. The van der Waals surface area contributed by atoms with Gasteiger partial charge in [0.25, 0.3) is 0 Å². The van der Waals surface area contributed by atoms with E-state index in [2.05, 4.69) is 15.0 Å². The van der Waals surface area contributed by atoms with Gasteiger partial charge in [-0.1, -0.05) is 5.16 Å². The maximum Gasteiger partial charge on any atom is 0.374 e. The summed E-state index contributed by atoms with van der Waals surface area (Å²) in [5.41, 5.74) is 0.728. The zero-order valence-electron chi connectivity index (χ0n) is 6.69.